The minimum Gasteiger partial charge on any atom is -0.381 e. The first-order chi connectivity index (χ1) is 13.1. The topological polar surface area (TPSA) is 60.2 Å². The summed E-state index contributed by atoms with van der Waals surface area (Å²) in [5, 5.41) is 0. The monoisotopic (exact) mass is 368 g/mol. The maximum absolute atomic E-state index is 12.9. The summed E-state index contributed by atoms with van der Waals surface area (Å²) in [4.78, 5) is 23.9. The van der Waals surface area contributed by atoms with E-state index in [9.17, 15) is 4.79 Å². The average molecular weight is 368 g/mol. The molecular weight excluding hydrogens is 340 g/mol. The van der Waals surface area contributed by atoms with Gasteiger partial charge in [-0.1, -0.05) is 0 Å². The largest absolute Gasteiger partial charge is 0.381 e. The lowest BCUT2D eigenvalue weighted by molar-refractivity contribution is 0.0666. The van der Waals surface area contributed by atoms with Crippen molar-refractivity contribution in [3.8, 4) is 0 Å². The molecule has 0 spiro atoms. The predicted molar refractivity (Wildman–Crippen MR) is 103 cm³/mol. The molecule has 4 rings (SSSR count). The van der Waals surface area contributed by atoms with E-state index in [0.29, 0.717) is 17.5 Å². The second kappa shape index (κ2) is 7.80. The van der Waals surface area contributed by atoms with E-state index in [1.165, 1.54) is 11.5 Å². The highest BCUT2D eigenvalue weighted by atomic mass is 16.5. The van der Waals surface area contributed by atoms with Crippen molar-refractivity contribution in [2.24, 2.45) is 0 Å². The molecule has 1 unspecified atom stereocenters. The van der Waals surface area contributed by atoms with Crippen molar-refractivity contribution in [3.63, 3.8) is 0 Å². The van der Waals surface area contributed by atoms with Crippen LogP contribution < -0.4 is 0 Å². The van der Waals surface area contributed by atoms with Gasteiger partial charge in [0.1, 0.15) is 5.82 Å². The number of imidazole rings is 1. The van der Waals surface area contributed by atoms with E-state index in [4.69, 9.17) is 9.72 Å². The fourth-order valence-electron chi connectivity index (χ4n) is 4.32. The van der Waals surface area contributed by atoms with E-state index < -0.39 is 0 Å². The van der Waals surface area contributed by atoms with Gasteiger partial charge in [0.25, 0.3) is 5.91 Å². The van der Waals surface area contributed by atoms with Gasteiger partial charge >= 0.3 is 0 Å². The molecule has 2 aromatic heterocycles. The van der Waals surface area contributed by atoms with Crippen molar-refractivity contribution >= 4 is 5.91 Å². The number of likely N-dealkylation sites (tertiary alicyclic amines) is 1. The Morgan fingerprint density at radius 3 is 2.67 bits per heavy atom. The van der Waals surface area contributed by atoms with Crippen molar-refractivity contribution in [2.75, 3.05) is 26.3 Å². The van der Waals surface area contributed by atoms with Gasteiger partial charge in [0.15, 0.2) is 0 Å². The molecule has 2 saturated heterocycles. The van der Waals surface area contributed by atoms with Crippen molar-refractivity contribution in [3.05, 3.63) is 47.3 Å². The van der Waals surface area contributed by atoms with E-state index in [-0.39, 0.29) is 5.91 Å². The van der Waals surface area contributed by atoms with Crippen LogP contribution in [0.3, 0.4) is 0 Å². The van der Waals surface area contributed by atoms with Crippen LogP contribution in [0, 0.1) is 13.8 Å². The first kappa shape index (κ1) is 18.2. The zero-order valence-corrected chi connectivity index (χ0v) is 16.2. The molecule has 27 heavy (non-hydrogen) atoms. The number of carbonyl (C=O) groups excluding carboxylic acids is 1. The van der Waals surface area contributed by atoms with Crippen molar-refractivity contribution < 1.29 is 9.53 Å². The van der Waals surface area contributed by atoms with Crippen LogP contribution in [0.5, 0.6) is 0 Å². The number of piperidine rings is 1. The van der Waals surface area contributed by atoms with Crippen LogP contribution in [0.4, 0.5) is 0 Å². The second-order valence-corrected chi connectivity index (χ2v) is 7.75. The van der Waals surface area contributed by atoms with Gasteiger partial charge in [-0.05, 0) is 51.7 Å². The number of aromatic nitrogens is 3. The molecule has 144 valence electrons. The van der Waals surface area contributed by atoms with Gasteiger partial charge in [-0.3, -0.25) is 9.78 Å². The molecular formula is C21H28N4O2. The first-order valence-corrected chi connectivity index (χ1v) is 9.97. The Morgan fingerprint density at radius 1 is 1.11 bits per heavy atom. The molecule has 0 saturated carbocycles. The fourth-order valence-corrected chi connectivity index (χ4v) is 4.32. The fraction of sp³-hybridized carbons (Fsp3) is 0.571. The van der Waals surface area contributed by atoms with Crippen LogP contribution in [0.15, 0.2) is 24.5 Å². The number of pyridine rings is 1. The summed E-state index contributed by atoms with van der Waals surface area (Å²) >= 11 is 0. The number of aryl methyl sites for hydroxylation is 2. The third-order valence-corrected chi connectivity index (χ3v) is 5.80. The number of rotatable bonds is 3. The smallest absolute Gasteiger partial charge is 0.255 e. The molecule has 0 aliphatic carbocycles. The summed E-state index contributed by atoms with van der Waals surface area (Å²) in [7, 11) is 0. The van der Waals surface area contributed by atoms with E-state index in [0.717, 1.165) is 57.7 Å². The van der Waals surface area contributed by atoms with E-state index in [2.05, 4.69) is 16.5 Å². The van der Waals surface area contributed by atoms with Crippen LogP contribution in [0.2, 0.25) is 0 Å². The lowest BCUT2D eigenvalue weighted by atomic mass is 9.97. The summed E-state index contributed by atoms with van der Waals surface area (Å²) in [5.74, 6) is 1.71. The van der Waals surface area contributed by atoms with Crippen LogP contribution in [0.25, 0.3) is 0 Å². The van der Waals surface area contributed by atoms with Crippen molar-refractivity contribution in [1.29, 1.82) is 0 Å². The number of carbonyl (C=O) groups is 1. The van der Waals surface area contributed by atoms with Crippen LogP contribution in [-0.2, 0) is 4.74 Å². The van der Waals surface area contributed by atoms with E-state index in [1.54, 1.807) is 6.20 Å². The first-order valence-electron chi connectivity index (χ1n) is 9.97. The van der Waals surface area contributed by atoms with Crippen LogP contribution >= 0.6 is 0 Å². The normalized spacial score (nSPS) is 21.4. The molecule has 2 fully saturated rings. The number of ether oxygens (including phenoxy) is 1. The van der Waals surface area contributed by atoms with E-state index in [1.807, 2.05) is 30.2 Å². The number of hydrogen-bond acceptors (Lipinski definition) is 4. The Kier molecular flexibility index (Phi) is 5.25. The molecule has 0 bridgehead atoms. The van der Waals surface area contributed by atoms with Crippen LogP contribution in [-0.4, -0.2) is 51.6 Å². The Morgan fingerprint density at radius 2 is 1.93 bits per heavy atom. The minimum atomic E-state index is 0.0811. The maximum atomic E-state index is 12.9. The third kappa shape index (κ3) is 3.76. The van der Waals surface area contributed by atoms with Gasteiger partial charge < -0.3 is 14.2 Å². The van der Waals surface area contributed by atoms with Crippen molar-refractivity contribution in [1.82, 2.24) is 19.4 Å². The lowest BCUT2D eigenvalue weighted by Gasteiger charge is -2.36. The molecule has 0 N–H and O–H groups in total. The molecule has 0 aromatic carbocycles. The highest BCUT2D eigenvalue weighted by Crippen LogP contribution is 2.32. The molecule has 2 aliphatic rings. The van der Waals surface area contributed by atoms with Gasteiger partial charge in [0.05, 0.1) is 11.6 Å². The van der Waals surface area contributed by atoms with Crippen molar-refractivity contribution in [2.45, 2.75) is 51.5 Å². The molecule has 2 aromatic rings. The van der Waals surface area contributed by atoms with E-state index >= 15 is 0 Å². The Bertz CT molecular complexity index is 793. The molecule has 2 aliphatic heterocycles. The summed E-state index contributed by atoms with van der Waals surface area (Å²) in [6, 6.07) is 4.07. The molecule has 6 heteroatoms. The maximum Gasteiger partial charge on any atom is 0.255 e. The Balaban J connectivity index is 1.54. The summed E-state index contributed by atoms with van der Waals surface area (Å²) in [6.07, 6.45) is 7.83. The quantitative estimate of drug-likeness (QED) is 0.834. The average Bonchev–Trinajstić information content (AvgIpc) is 3.10. The minimum absolute atomic E-state index is 0.0811. The molecule has 6 nitrogen and oxygen atoms in total. The standard InChI is InChI=1S/C21H28N4O2/c1-15-5-6-18(13-22-15)21(26)24-9-3-4-19(14-24)25-16(2)12-23-20(25)17-7-10-27-11-8-17/h5-6,12-13,17,19H,3-4,7-11,14H2,1-2H3. The van der Waals surface area contributed by atoms with Gasteiger partial charge in [-0.25, -0.2) is 4.98 Å². The van der Waals surface area contributed by atoms with Gasteiger partial charge in [0, 0.05) is 56.0 Å². The predicted octanol–water partition coefficient (Wildman–Crippen LogP) is 3.27. The molecule has 1 amide bonds. The summed E-state index contributed by atoms with van der Waals surface area (Å²) in [5.41, 5.74) is 2.79. The second-order valence-electron chi connectivity index (χ2n) is 7.75. The third-order valence-electron chi connectivity index (χ3n) is 5.80. The number of hydrogen-bond donors (Lipinski definition) is 0. The lowest BCUT2D eigenvalue weighted by Crippen LogP contribution is -2.41. The SMILES string of the molecule is Cc1ccc(C(=O)N2CCCC(n3c(C)cnc3C3CCOCC3)C2)cn1. The Hall–Kier alpha value is -2.21. The highest BCUT2D eigenvalue weighted by molar-refractivity contribution is 5.94. The van der Waals surface area contributed by atoms with Gasteiger partial charge in [-0.2, -0.15) is 0 Å². The summed E-state index contributed by atoms with van der Waals surface area (Å²) in [6.45, 7) is 7.23. The zero-order valence-electron chi connectivity index (χ0n) is 16.2. The zero-order chi connectivity index (χ0) is 18.8. The highest BCUT2D eigenvalue weighted by Gasteiger charge is 2.30. The number of amides is 1. The summed E-state index contributed by atoms with van der Waals surface area (Å²) < 4.78 is 7.92. The molecule has 4 heterocycles. The number of nitrogens with zero attached hydrogens (tertiary/aromatic N) is 4. The van der Waals surface area contributed by atoms with Gasteiger partial charge in [0.2, 0.25) is 0 Å². The van der Waals surface area contributed by atoms with Crippen LogP contribution in [0.1, 0.15) is 65.2 Å². The Labute approximate surface area is 160 Å². The van der Waals surface area contributed by atoms with Gasteiger partial charge in [-0.15, -0.1) is 0 Å². The molecule has 0 radical (unpaired) electrons. The molecule has 1 atom stereocenters.